The van der Waals surface area contributed by atoms with Crippen LogP contribution in [0, 0.1) is 6.92 Å². The Bertz CT molecular complexity index is 655. The van der Waals surface area contributed by atoms with Crippen LogP contribution >= 0.6 is 35.6 Å². The molecule has 23 heavy (non-hydrogen) atoms. The van der Waals surface area contributed by atoms with Gasteiger partial charge in [0.15, 0.2) is 11.8 Å². The van der Waals surface area contributed by atoms with Crippen LogP contribution in [0.25, 0.3) is 0 Å². The summed E-state index contributed by atoms with van der Waals surface area (Å²) < 4.78 is 1.95. The summed E-state index contributed by atoms with van der Waals surface area (Å²) >= 11 is 5.98. The number of rotatable bonds is 5. The number of guanidine groups is 1. The van der Waals surface area contributed by atoms with Crippen LogP contribution in [0.15, 0.2) is 29.3 Å². The van der Waals surface area contributed by atoms with E-state index in [0.29, 0.717) is 13.1 Å². The third-order valence-electron chi connectivity index (χ3n) is 3.25. The highest BCUT2D eigenvalue weighted by Gasteiger charge is 2.05. The van der Waals surface area contributed by atoms with E-state index in [1.807, 2.05) is 49.7 Å². The maximum Gasteiger partial charge on any atom is 0.191 e. The smallest absolute Gasteiger partial charge is 0.191 e. The van der Waals surface area contributed by atoms with Crippen molar-refractivity contribution in [2.45, 2.75) is 26.9 Å². The molecule has 1 heterocycles. The van der Waals surface area contributed by atoms with Crippen LogP contribution in [-0.2, 0) is 20.1 Å². The second-order valence-electron chi connectivity index (χ2n) is 4.90. The first-order valence-corrected chi connectivity index (χ1v) is 7.59. The van der Waals surface area contributed by atoms with Gasteiger partial charge in [0.1, 0.15) is 5.82 Å². The van der Waals surface area contributed by atoms with Gasteiger partial charge in [-0.15, -0.1) is 34.2 Å². The fraction of sp³-hybridized carbons (Fsp3) is 0.400. The molecule has 6 nitrogen and oxygen atoms in total. The van der Waals surface area contributed by atoms with Crippen molar-refractivity contribution in [2.24, 2.45) is 12.0 Å². The number of halogens is 2. The van der Waals surface area contributed by atoms with Gasteiger partial charge in [0.05, 0.1) is 13.1 Å². The summed E-state index contributed by atoms with van der Waals surface area (Å²) in [6.07, 6.45) is 0. The van der Waals surface area contributed by atoms with Crippen molar-refractivity contribution >= 4 is 41.5 Å². The van der Waals surface area contributed by atoms with Crippen molar-refractivity contribution in [3.8, 4) is 0 Å². The van der Waals surface area contributed by atoms with Gasteiger partial charge >= 0.3 is 0 Å². The molecule has 2 aromatic rings. The molecule has 0 amide bonds. The SMILES string of the molecule is CCNC(=NCc1cccc(Cl)c1)NCc1nnc(C)n1C.I. The zero-order chi connectivity index (χ0) is 15.9. The summed E-state index contributed by atoms with van der Waals surface area (Å²) in [5.41, 5.74) is 1.07. The minimum absolute atomic E-state index is 0. The molecule has 0 saturated carbocycles. The van der Waals surface area contributed by atoms with E-state index >= 15 is 0 Å². The highest BCUT2D eigenvalue weighted by molar-refractivity contribution is 14.0. The van der Waals surface area contributed by atoms with E-state index in [-0.39, 0.29) is 24.0 Å². The highest BCUT2D eigenvalue weighted by Crippen LogP contribution is 2.11. The molecular weight excluding hydrogens is 427 g/mol. The fourth-order valence-electron chi connectivity index (χ4n) is 1.92. The lowest BCUT2D eigenvalue weighted by molar-refractivity contribution is 0.718. The predicted molar refractivity (Wildman–Crippen MR) is 104 cm³/mol. The third kappa shape index (κ3) is 5.98. The van der Waals surface area contributed by atoms with E-state index < -0.39 is 0 Å². The van der Waals surface area contributed by atoms with Crippen molar-refractivity contribution in [3.63, 3.8) is 0 Å². The van der Waals surface area contributed by atoms with Crippen LogP contribution in [0.3, 0.4) is 0 Å². The molecule has 0 radical (unpaired) electrons. The number of aryl methyl sites for hydroxylation is 1. The fourth-order valence-corrected chi connectivity index (χ4v) is 2.13. The summed E-state index contributed by atoms with van der Waals surface area (Å²) in [7, 11) is 1.95. The summed E-state index contributed by atoms with van der Waals surface area (Å²) in [6.45, 7) is 5.88. The standard InChI is InChI=1S/C15H21ClN6.HI/c1-4-17-15(18-9-12-6-5-7-13(16)8-12)19-10-14-21-20-11(2)22(14)3;/h5-8H,4,9-10H2,1-3H3,(H2,17,18,19);1H. The van der Waals surface area contributed by atoms with Crippen LogP contribution in [0.1, 0.15) is 24.1 Å². The van der Waals surface area contributed by atoms with Gasteiger partial charge in [0.2, 0.25) is 0 Å². The van der Waals surface area contributed by atoms with Crippen LogP contribution in [0.5, 0.6) is 0 Å². The van der Waals surface area contributed by atoms with Crippen molar-refractivity contribution in [3.05, 3.63) is 46.5 Å². The summed E-state index contributed by atoms with van der Waals surface area (Å²) in [5.74, 6) is 2.49. The van der Waals surface area contributed by atoms with E-state index in [9.17, 15) is 0 Å². The van der Waals surface area contributed by atoms with Gasteiger partial charge in [0, 0.05) is 18.6 Å². The van der Waals surface area contributed by atoms with Crippen molar-refractivity contribution in [1.82, 2.24) is 25.4 Å². The van der Waals surface area contributed by atoms with E-state index in [0.717, 1.165) is 34.7 Å². The number of benzene rings is 1. The number of hydrogen-bond acceptors (Lipinski definition) is 3. The second kappa shape index (κ2) is 9.71. The Hall–Kier alpha value is -1.35. The first-order chi connectivity index (χ1) is 10.6. The molecule has 0 aliphatic heterocycles. The molecule has 1 aromatic carbocycles. The van der Waals surface area contributed by atoms with E-state index in [1.54, 1.807) is 0 Å². The molecule has 8 heteroatoms. The zero-order valence-electron chi connectivity index (χ0n) is 13.5. The Balaban J connectivity index is 0.00000264. The molecule has 1 aromatic heterocycles. The lowest BCUT2D eigenvalue weighted by Crippen LogP contribution is -2.37. The Morgan fingerprint density at radius 2 is 2.09 bits per heavy atom. The number of nitrogens with zero attached hydrogens (tertiary/aromatic N) is 4. The molecule has 0 bridgehead atoms. The van der Waals surface area contributed by atoms with Gasteiger partial charge in [-0.3, -0.25) is 0 Å². The molecule has 0 spiro atoms. The minimum atomic E-state index is 0. The summed E-state index contributed by atoms with van der Waals surface area (Å²) in [6, 6.07) is 7.70. The van der Waals surface area contributed by atoms with Crippen LogP contribution in [0.4, 0.5) is 0 Å². The molecule has 0 aliphatic carbocycles. The molecule has 2 N–H and O–H groups in total. The molecule has 0 saturated heterocycles. The van der Waals surface area contributed by atoms with Crippen LogP contribution < -0.4 is 10.6 Å². The Labute approximate surface area is 158 Å². The van der Waals surface area contributed by atoms with Gasteiger partial charge < -0.3 is 15.2 Å². The van der Waals surface area contributed by atoms with E-state index in [4.69, 9.17) is 11.6 Å². The van der Waals surface area contributed by atoms with Gasteiger partial charge in [-0.1, -0.05) is 23.7 Å². The molecule has 0 fully saturated rings. The zero-order valence-corrected chi connectivity index (χ0v) is 16.6. The molecule has 126 valence electrons. The predicted octanol–water partition coefficient (Wildman–Crippen LogP) is 2.65. The van der Waals surface area contributed by atoms with Crippen LogP contribution in [-0.4, -0.2) is 27.3 Å². The summed E-state index contributed by atoms with van der Waals surface area (Å²) in [4.78, 5) is 4.55. The first kappa shape index (κ1) is 19.7. The Morgan fingerprint density at radius 3 is 2.70 bits per heavy atom. The maximum atomic E-state index is 5.98. The van der Waals surface area contributed by atoms with E-state index in [2.05, 4.69) is 25.8 Å². The third-order valence-corrected chi connectivity index (χ3v) is 3.48. The molecular formula is C15H22ClIN6. The van der Waals surface area contributed by atoms with Gasteiger partial charge in [0.25, 0.3) is 0 Å². The normalized spacial score (nSPS) is 11.0. The van der Waals surface area contributed by atoms with Gasteiger partial charge in [-0.05, 0) is 31.5 Å². The number of hydrogen-bond donors (Lipinski definition) is 2. The average molecular weight is 449 g/mol. The maximum absolute atomic E-state index is 5.98. The van der Waals surface area contributed by atoms with Gasteiger partial charge in [-0.25, -0.2) is 4.99 Å². The molecule has 0 atom stereocenters. The Kier molecular flexibility index (Phi) is 8.32. The minimum Gasteiger partial charge on any atom is -0.357 e. The first-order valence-electron chi connectivity index (χ1n) is 7.21. The number of aromatic nitrogens is 3. The monoisotopic (exact) mass is 448 g/mol. The summed E-state index contributed by atoms with van der Waals surface area (Å²) in [5, 5.41) is 15.4. The van der Waals surface area contributed by atoms with Crippen molar-refractivity contribution in [2.75, 3.05) is 6.54 Å². The molecule has 0 aliphatic rings. The lowest BCUT2D eigenvalue weighted by atomic mass is 10.2. The highest BCUT2D eigenvalue weighted by atomic mass is 127. The lowest BCUT2D eigenvalue weighted by Gasteiger charge is -2.11. The van der Waals surface area contributed by atoms with Crippen molar-refractivity contribution in [1.29, 1.82) is 0 Å². The van der Waals surface area contributed by atoms with Gasteiger partial charge in [-0.2, -0.15) is 0 Å². The molecule has 2 rings (SSSR count). The van der Waals surface area contributed by atoms with Crippen LogP contribution in [0.2, 0.25) is 5.02 Å². The topological polar surface area (TPSA) is 67.1 Å². The Morgan fingerprint density at radius 1 is 1.30 bits per heavy atom. The second-order valence-corrected chi connectivity index (χ2v) is 5.34. The molecule has 0 unspecified atom stereocenters. The van der Waals surface area contributed by atoms with Crippen molar-refractivity contribution < 1.29 is 0 Å². The number of nitrogens with one attached hydrogen (secondary N) is 2. The average Bonchev–Trinajstić information content (AvgIpc) is 2.82. The van der Waals surface area contributed by atoms with E-state index in [1.165, 1.54) is 0 Å². The largest absolute Gasteiger partial charge is 0.357 e. The number of aliphatic imine (C=N–C) groups is 1. The quantitative estimate of drug-likeness (QED) is 0.419.